The summed E-state index contributed by atoms with van der Waals surface area (Å²) >= 11 is 0. The van der Waals surface area contributed by atoms with E-state index >= 15 is 0 Å². The number of hydroxylamine groups is 2. The lowest BCUT2D eigenvalue weighted by atomic mass is 9.90. The number of rotatable bonds is 10. The van der Waals surface area contributed by atoms with E-state index < -0.39 is 0 Å². The van der Waals surface area contributed by atoms with Crippen LogP contribution in [-0.2, 0) is 16.1 Å². The fourth-order valence-electron chi connectivity index (χ4n) is 5.81. The number of carbonyl (C=O) groups is 1. The van der Waals surface area contributed by atoms with Crippen molar-refractivity contribution < 1.29 is 18.8 Å². The number of aromatic nitrogens is 2. The maximum atomic E-state index is 13.9. The van der Waals surface area contributed by atoms with Gasteiger partial charge in [0.2, 0.25) is 5.88 Å². The van der Waals surface area contributed by atoms with Gasteiger partial charge in [-0.05, 0) is 82.1 Å². The molecule has 0 spiro atoms. The maximum Gasteiger partial charge on any atom is 0.236 e. The van der Waals surface area contributed by atoms with E-state index in [9.17, 15) is 9.18 Å². The van der Waals surface area contributed by atoms with E-state index in [1.165, 1.54) is 6.07 Å². The Balaban J connectivity index is 1.34. The first-order valence-corrected chi connectivity index (χ1v) is 14.5. The zero-order valence-electron chi connectivity index (χ0n) is 24.1. The van der Waals surface area contributed by atoms with Crippen molar-refractivity contribution in [3.63, 3.8) is 0 Å². The third kappa shape index (κ3) is 6.45. The first-order valence-electron chi connectivity index (χ1n) is 14.5. The number of ketones is 1. The third-order valence-corrected chi connectivity index (χ3v) is 8.34. The second-order valence-electron chi connectivity index (χ2n) is 11.4. The molecule has 2 aliphatic heterocycles. The number of benzene rings is 2. The molecule has 40 heavy (non-hydrogen) atoms. The van der Waals surface area contributed by atoms with Crippen LogP contribution in [-0.4, -0.2) is 65.4 Å². The van der Waals surface area contributed by atoms with Crippen molar-refractivity contribution >= 4 is 5.78 Å². The quantitative estimate of drug-likeness (QED) is 0.335. The summed E-state index contributed by atoms with van der Waals surface area (Å²) in [6.07, 6.45) is 2.57. The maximum absolute atomic E-state index is 13.9. The molecule has 0 aliphatic carbocycles. The molecule has 2 aliphatic rings. The van der Waals surface area contributed by atoms with Crippen molar-refractivity contribution in [2.24, 2.45) is 11.8 Å². The normalized spacial score (nSPS) is 20.7. The molecule has 0 unspecified atom stereocenters. The van der Waals surface area contributed by atoms with E-state index in [0.717, 1.165) is 55.0 Å². The highest BCUT2D eigenvalue weighted by Gasteiger charge is 2.36. The number of halogens is 1. The number of Topliss-reactive ketones (excluding diaryl/α,β-unsaturated/α-hetero) is 1. The molecule has 3 heterocycles. The van der Waals surface area contributed by atoms with Crippen molar-refractivity contribution in [2.45, 2.75) is 52.6 Å². The average Bonchev–Trinajstić information content (AvgIpc) is 3.51. The zero-order valence-corrected chi connectivity index (χ0v) is 24.1. The lowest BCUT2D eigenvalue weighted by Gasteiger charge is -2.28. The van der Waals surface area contributed by atoms with E-state index in [-0.39, 0.29) is 30.0 Å². The predicted molar refractivity (Wildman–Crippen MR) is 153 cm³/mol. The topological polar surface area (TPSA) is 59.8 Å². The summed E-state index contributed by atoms with van der Waals surface area (Å²) in [5, 5.41) is 6.73. The van der Waals surface area contributed by atoms with Crippen molar-refractivity contribution in [1.82, 2.24) is 19.7 Å². The highest BCUT2D eigenvalue weighted by atomic mass is 19.1. The fraction of sp³-hybridized carbons (Fsp3) is 0.500. The number of ether oxygens (including phenoxy) is 1. The molecule has 0 radical (unpaired) electrons. The second kappa shape index (κ2) is 12.6. The van der Waals surface area contributed by atoms with Gasteiger partial charge in [0.05, 0.1) is 18.0 Å². The summed E-state index contributed by atoms with van der Waals surface area (Å²) in [4.78, 5) is 22.2. The minimum Gasteiger partial charge on any atom is -0.476 e. The Hall–Kier alpha value is -3.07. The summed E-state index contributed by atoms with van der Waals surface area (Å²) in [7, 11) is 2.16. The Morgan fingerprint density at radius 2 is 1.88 bits per heavy atom. The summed E-state index contributed by atoms with van der Waals surface area (Å²) in [5.74, 6) is 0.980. The minimum atomic E-state index is -0.281. The lowest BCUT2D eigenvalue weighted by molar-refractivity contribution is -0.146. The van der Waals surface area contributed by atoms with Crippen molar-refractivity contribution in [1.29, 1.82) is 0 Å². The first-order chi connectivity index (χ1) is 19.3. The molecule has 7 nitrogen and oxygen atoms in total. The number of likely N-dealkylation sites (tertiary alicyclic amines) is 1. The van der Waals surface area contributed by atoms with Crippen LogP contribution in [0.15, 0.2) is 48.5 Å². The Bertz CT molecular complexity index is 1300. The second-order valence-corrected chi connectivity index (χ2v) is 11.4. The van der Waals surface area contributed by atoms with Gasteiger partial charge in [-0.1, -0.05) is 37.3 Å². The minimum absolute atomic E-state index is 0.0223. The highest BCUT2D eigenvalue weighted by molar-refractivity contribution is 5.81. The average molecular weight is 549 g/mol. The molecule has 8 heteroatoms. The molecule has 0 saturated carbocycles. The molecule has 2 fully saturated rings. The van der Waals surface area contributed by atoms with E-state index in [0.29, 0.717) is 36.9 Å². The molecule has 1 aromatic heterocycles. The smallest absolute Gasteiger partial charge is 0.236 e. The van der Waals surface area contributed by atoms with Gasteiger partial charge in [0.1, 0.15) is 17.7 Å². The van der Waals surface area contributed by atoms with Gasteiger partial charge < -0.3 is 9.64 Å². The highest BCUT2D eigenvalue weighted by Crippen LogP contribution is 2.37. The summed E-state index contributed by atoms with van der Waals surface area (Å²) < 4.78 is 22.1. The molecule has 2 aromatic carbocycles. The van der Waals surface area contributed by atoms with Crippen LogP contribution in [0.4, 0.5) is 4.39 Å². The SMILES string of the molecule is CCN1C[C@@H](CC(=O)Cc2c(C)c(OCC3CCN(C)CC3)nn2-c2ccccc2)[C@H](c2ccc(F)c(C)c2)O1. The van der Waals surface area contributed by atoms with E-state index in [1.807, 2.05) is 60.0 Å². The van der Waals surface area contributed by atoms with Crippen LogP contribution in [0, 0.1) is 31.5 Å². The van der Waals surface area contributed by atoms with Gasteiger partial charge in [-0.2, -0.15) is 5.06 Å². The van der Waals surface area contributed by atoms with E-state index in [4.69, 9.17) is 14.7 Å². The summed E-state index contributed by atoms with van der Waals surface area (Å²) in [6.45, 7) is 9.98. The number of hydrogen-bond acceptors (Lipinski definition) is 6. The summed E-state index contributed by atoms with van der Waals surface area (Å²) in [5.41, 5.74) is 4.16. The molecule has 214 valence electrons. The van der Waals surface area contributed by atoms with E-state index in [2.05, 4.69) is 11.9 Å². The van der Waals surface area contributed by atoms with Gasteiger partial charge in [-0.25, -0.2) is 9.07 Å². The molecule has 2 saturated heterocycles. The number of carbonyl (C=O) groups excluding carboxylic acids is 1. The van der Waals surface area contributed by atoms with Crippen molar-refractivity contribution in [3.8, 4) is 11.6 Å². The van der Waals surface area contributed by atoms with Gasteiger partial charge in [0, 0.05) is 37.4 Å². The Labute approximate surface area is 236 Å². The Kier molecular flexibility index (Phi) is 8.98. The van der Waals surface area contributed by atoms with Crippen LogP contribution < -0.4 is 4.74 Å². The molecular formula is C32H41FN4O3. The van der Waals surface area contributed by atoms with Crippen molar-refractivity contribution in [3.05, 3.63) is 76.7 Å². The van der Waals surface area contributed by atoms with Gasteiger partial charge in [-0.3, -0.25) is 9.63 Å². The van der Waals surface area contributed by atoms with Gasteiger partial charge in [0.25, 0.3) is 0 Å². The number of piperidine rings is 1. The Morgan fingerprint density at radius 1 is 1.12 bits per heavy atom. The molecule has 0 N–H and O–H groups in total. The largest absolute Gasteiger partial charge is 0.476 e. The van der Waals surface area contributed by atoms with Gasteiger partial charge in [0.15, 0.2) is 0 Å². The molecule has 3 aromatic rings. The molecule has 2 atom stereocenters. The van der Waals surface area contributed by atoms with Crippen LogP contribution in [0.1, 0.15) is 54.7 Å². The number of para-hydroxylation sites is 1. The molecular weight excluding hydrogens is 507 g/mol. The zero-order chi connectivity index (χ0) is 28.2. The van der Waals surface area contributed by atoms with Crippen LogP contribution in [0.5, 0.6) is 5.88 Å². The number of hydrogen-bond donors (Lipinski definition) is 0. The van der Waals surface area contributed by atoms with E-state index in [1.54, 1.807) is 13.0 Å². The monoisotopic (exact) mass is 548 g/mol. The summed E-state index contributed by atoms with van der Waals surface area (Å²) in [6, 6.07) is 15.0. The molecule has 0 amide bonds. The number of aryl methyl sites for hydroxylation is 1. The van der Waals surface area contributed by atoms with Crippen LogP contribution in [0.3, 0.4) is 0 Å². The molecule has 0 bridgehead atoms. The lowest BCUT2D eigenvalue weighted by Crippen LogP contribution is -2.32. The molecule has 5 rings (SSSR count). The van der Waals surface area contributed by atoms with Gasteiger partial charge in [-0.15, -0.1) is 5.10 Å². The standard InChI is InChI=1S/C32H41FN4O3/c1-5-36-20-26(31(40-36)25-11-12-29(33)22(2)17-25)18-28(38)19-30-23(3)32(34-37(30)27-9-7-6-8-10-27)39-21-24-13-15-35(4)16-14-24/h6-12,17,24,26,31H,5,13-16,18-21H2,1-4H3/t26-,31+/m1/s1. The predicted octanol–water partition coefficient (Wildman–Crippen LogP) is 5.48. The Morgan fingerprint density at radius 3 is 2.58 bits per heavy atom. The van der Waals surface area contributed by atoms with Crippen LogP contribution in [0.25, 0.3) is 5.69 Å². The number of nitrogens with zero attached hydrogens (tertiary/aromatic N) is 4. The van der Waals surface area contributed by atoms with Crippen LogP contribution >= 0.6 is 0 Å². The first kappa shape index (κ1) is 28.5. The van der Waals surface area contributed by atoms with Crippen LogP contribution in [0.2, 0.25) is 0 Å². The fourth-order valence-corrected chi connectivity index (χ4v) is 5.81. The third-order valence-electron chi connectivity index (χ3n) is 8.34. The van der Waals surface area contributed by atoms with Gasteiger partial charge >= 0.3 is 0 Å². The van der Waals surface area contributed by atoms with Crippen molar-refractivity contribution in [2.75, 3.05) is 39.8 Å².